The van der Waals surface area contributed by atoms with Crippen LogP contribution in [-0.2, 0) is 37.6 Å². The monoisotopic (exact) mass is 867 g/mol. The largest absolute Gasteiger partial charge is 3.00 e. The molecule has 55 heavy (non-hydrogen) atoms. The summed E-state index contributed by atoms with van der Waals surface area (Å²) in [5, 5.41) is 42.6. The van der Waals surface area contributed by atoms with E-state index in [4.69, 9.17) is 32.3 Å². The summed E-state index contributed by atoms with van der Waals surface area (Å²) in [6, 6.07) is 21.4. The molecule has 0 atom stereocenters. The third-order valence-electron chi connectivity index (χ3n) is 7.20. The number of nitrogens with one attached hydrogen (secondary N) is 2. The number of rotatable bonds is 8. The van der Waals surface area contributed by atoms with Gasteiger partial charge in [-0.1, -0.05) is 65.3 Å². The van der Waals surface area contributed by atoms with Gasteiger partial charge in [-0.2, -0.15) is 21.9 Å². The van der Waals surface area contributed by atoms with Gasteiger partial charge in [-0.15, -0.1) is 15.3 Å². The quantitative estimate of drug-likeness (QED) is 0.0834. The topological polar surface area (TPSA) is 277 Å². The average molecular weight is 869 g/mol. The number of aromatic amines is 2. The molecule has 0 fully saturated rings. The number of aromatic nitrogens is 4. The van der Waals surface area contributed by atoms with E-state index in [2.05, 4.69) is 30.7 Å². The van der Waals surface area contributed by atoms with Crippen LogP contribution >= 0.6 is 23.2 Å². The molecular weight excluding hydrogens is 843 g/mol. The van der Waals surface area contributed by atoms with Gasteiger partial charge in [0.2, 0.25) is 0 Å². The summed E-state index contributed by atoms with van der Waals surface area (Å²) < 4.78 is 65.9. The molecule has 6 aromatic rings. The minimum absolute atomic E-state index is 0. The number of aromatic hydroxyl groups is 1. The second kappa shape index (κ2) is 17.0. The first-order valence-corrected chi connectivity index (χ1v) is 18.6. The molecule has 2 heterocycles. The van der Waals surface area contributed by atoms with Crippen LogP contribution in [0.15, 0.2) is 125 Å². The van der Waals surface area contributed by atoms with Crippen LogP contribution in [0.25, 0.3) is 11.4 Å². The Hall–Kier alpha value is -5.37. The summed E-state index contributed by atoms with van der Waals surface area (Å²) in [6.45, 7) is 3.20. The molecule has 2 aromatic heterocycles. The van der Waals surface area contributed by atoms with E-state index < -0.39 is 58.3 Å². The van der Waals surface area contributed by atoms with Gasteiger partial charge in [-0.05, 0) is 62.4 Å². The van der Waals surface area contributed by atoms with E-state index in [0.717, 1.165) is 24.3 Å². The second-order valence-corrected chi connectivity index (χ2v) is 14.6. The van der Waals surface area contributed by atoms with Gasteiger partial charge >= 0.3 is 17.4 Å². The number of H-pyrrole nitrogens is 2. The molecule has 6 rings (SSSR count). The van der Waals surface area contributed by atoms with Crippen LogP contribution in [0.4, 0.5) is 22.7 Å². The van der Waals surface area contributed by atoms with Crippen molar-refractivity contribution < 1.29 is 53.5 Å². The minimum atomic E-state index is -4.78. The van der Waals surface area contributed by atoms with Gasteiger partial charge in [0.1, 0.15) is 10.6 Å². The fourth-order valence-corrected chi connectivity index (χ4v) is 6.48. The van der Waals surface area contributed by atoms with Crippen molar-refractivity contribution >= 4 is 66.2 Å². The number of nitrogens with zero attached hydrogens (tertiary/aromatic N) is 6. The van der Waals surface area contributed by atoms with Crippen molar-refractivity contribution in [2.75, 3.05) is 0 Å². The smallest absolute Gasteiger partial charge is 0.870 e. The van der Waals surface area contributed by atoms with Gasteiger partial charge in [-0.25, -0.2) is 9.36 Å². The summed E-state index contributed by atoms with van der Waals surface area (Å²) in [6.07, 6.45) is 0. The molecule has 0 aliphatic carbocycles. The SMILES string of the molecule is Cc1[nH]n(-c2ccccc2)c(=O)c1N=Nc1cc(Cl)cc(S(=O)(=O)O)c1O.Cc1[nH]n(-c2ccccc2)c(=O)c1N=Nc1cc(Cl)cc(S(=O)(=O)O)c1[O-].[Cr+3]. The van der Waals surface area contributed by atoms with Crippen molar-refractivity contribution in [2.24, 2.45) is 20.5 Å². The molecule has 0 saturated heterocycles. The van der Waals surface area contributed by atoms with E-state index in [1.807, 2.05) is 0 Å². The van der Waals surface area contributed by atoms with Crippen LogP contribution in [0.5, 0.6) is 11.5 Å². The molecular formula is C32H25Cl2CrN8O10S2+2. The summed E-state index contributed by atoms with van der Waals surface area (Å²) in [4.78, 5) is 23.3. The summed E-state index contributed by atoms with van der Waals surface area (Å²) in [7, 11) is -9.50. The van der Waals surface area contributed by atoms with Gasteiger partial charge in [0.05, 0.1) is 33.3 Å². The maximum atomic E-state index is 12.5. The third-order valence-corrected chi connectivity index (χ3v) is 9.36. The van der Waals surface area contributed by atoms with E-state index >= 15 is 0 Å². The molecule has 5 N–H and O–H groups in total. The first kappa shape index (κ1) is 42.4. The third kappa shape index (κ3) is 9.66. The van der Waals surface area contributed by atoms with Gasteiger partial charge < -0.3 is 10.2 Å². The molecule has 0 bridgehead atoms. The fourth-order valence-electron chi connectivity index (χ4n) is 4.69. The molecule has 18 nitrogen and oxygen atoms in total. The molecule has 1 radical (unpaired) electrons. The number of para-hydroxylation sites is 2. The summed E-state index contributed by atoms with van der Waals surface area (Å²) in [5.74, 6) is -1.91. The molecule has 4 aromatic carbocycles. The first-order valence-electron chi connectivity index (χ1n) is 14.9. The first-order chi connectivity index (χ1) is 25.4. The van der Waals surface area contributed by atoms with E-state index in [-0.39, 0.29) is 44.5 Å². The molecule has 23 heteroatoms. The van der Waals surface area contributed by atoms with Crippen LogP contribution in [0.2, 0.25) is 10.0 Å². The Kier molecular flexibility index (Phi) is 13.1. The van der Waals surface area contributed by atoms with E-state index in [1.165, 1.54) is 9.36 Å². The Morgan fingerprint density at radius 3 is 1.44 bits per heavy atom. The Balaban J connectivity index is 0.000000240. The van der Waals surface area contributed by atoms with Crippen LogP contribution in [-0.4, -0.2) is 50.6 Å². The number of benzene rings is 4. The predicted octanol–water partition coefficient (Wildman–Crippen LogP) is 6.36. The normalized spacial score (nSPS) is 11.7. The van der Waals surface area contributed by atoms with Gasteiger partial charge in [0, 0.05) is 10.0 Å². The molecule has 0 saturated carbocycles. The maximum absolute atomic E-state index is 12.5. The fraction of sp³-hybridized carbons (Fsp3) is 0.0625. The van der Waals surface area contributed by atoms with E-state index in [9.17, 15) is 36.6 Å². The van der Waals surface area contributed by atoms with Crippen LogP contribution in [0.1, 0.15) is 11.4 Å². The van der Waals surface area contributed by atoms with Gasteiger partial charge in [-0.3, -0.25) is 28.9 Å². The van der Waals surface area contributed by atoms with Crippen molar-refractivity contribution in [2.45, 2.75) is 23.6 Å². The Bertz CT molecular complexity index is 2600. The zero-order chi connectivity index (χ0) is 39.5. The van der Waals surface area contributed by atoms with Gasteiger partial charge in [0.15, 0.2) is 17.1 Å². The van der Waals surface area contributed by atoms with Crippen LogP contribution in [0, 0.1) is 13.8 Å². The molecule has 283 valence electrons. The average Bonchev–Trinajstić information content (AvgIpc) is 3.57. The van der Waals surface area contributed by atoms with Crippen molar-refractivity contribution in [3.8, 4) is 22.9 Å². The molecule has 0 unspecified atom stereocenters. The van der Waals surface area contributed by atoms with Crippen molar-refractivity contribution in [3.63, 3.8) is 0 Å². The number of phenols is 1. The number of hydrogen-bond acceptors (Lipinski definition) is 12. The summed E-state index contributed by atoms with van der Waals surface area (Å²) in [5.41, 5.74) is 0.118. The summed E-state index contributed by atoms with van der Waals surface area (Å²) >= 11 is 11.6. The number of halogens is 2. The second-order valence-electron chi connectivity index (χ2n) is 11.0. The van der Waals surface area contributed by atoms with Crippen LogP contribution < -0.4 is 16.2 Å². The standard InChI is InChI=1S/2C16H13ClN4O5S.Cr/c2*1-9-14(16(23)21(20-9)11-5-3-2-4-6-11)19-18-12-7-10(17)8-13(15(12)22)27(24,25)26;/h2*2-8,20,22H,1H3,(H,24,25,26);/q;;+3/p-1. The number of aryl methyl sites for hydroxylation is 2. The Morgan fingerprint density at radius 2 is 1.02 bits per heavy atom. The van der Waals surface area contributed by atoms with Gasteiger partial charge in [0.25, 0.3) is 31.4 Å². The molecule has 0 aliphatic heterocycles. The van der Waals surface area contributed by atoms with E-state index in [0.29, 0.717) is 22.8 Å². The van der Waals surface area contributed by atoms with E-state index in [1.54, 1.807) is 74.5 Å². The number of hydrogen-bond donors (Lipinski definition) is 5. The molecule has 0 aliphatic rings. The number of azo groups is 2. The maximum Gasteiger partial charge on any atom is 3.00 e. The Morgan fingerprint density at radius 1 is 0.636 bits per heavy atom. The molecule has 0 spiro atoms. The zero-order valence-corrected chi connectivity index (χ0v) is 32.4. The minimum Gasteiger partial charge on any atom is -0.870 e. The zero-order valence-electron chi connectivity index (χ0n) is 27.9. The Labute approximate surface area is 331 Å². The number of phenolic OH excluding ortho intramolecular Hbond substituents is 1. The van der Waals surface area contributed by atoms with Crippen LogP contribution in [0.3, 0.4) is 0 Å². The molecule has 0 amide bonds. The van der Waals surface area contributed by atoms with Crippen molar-refractivity contribution in [1.82, 2.24) is 19.6 Å². The van der Waals surface area contributed by atoms with Crippen molar-refractivity contribution in [1.29, 1.82) is 0 Å². The van der Waals surface area contributed by atoms with Crippen molar-refractivity contribution in [3.05, 3.63) is 127 Å². The predicted molar refractivity (Wildman–Crippen MR) is 194 cm³/mol.